The van der Waals surface area contributed by atoms with Crippen LogP contribution in [0.15, 0.2) is 36.5 Å². The van der Waals surface area contributed by atoms with Crippen LogP contribution in [0.25, 0.3) is 0 Å². The van der Waals surface area contributed by atoms with Gasteiger partial charge in [0.25, 0.3) is 5.69 Å². The molecular weight excluding hydrogens is 497 g/mol. The molecule has 11 heteroatoms. The maximum Gasteiger partial charge on any atom is 0.419 e. The van der Waals surface area contributed by atoms with Crippen LogP contribution in [0.2, 0.25) is 0 Å². The van der Waals surface area contributed by atoms with Gasteiger partial charge in [-0.25, -0.2) is 15.0 Å². The molecule has 2 aromatic heterocycles. The first-order chi connectivity index (χ1) is 17.8. The molecule has 1 aliphatic rings. The van der Waals surface area contributed by atoms with Crippen molar-refractivity contribution >= 4 is 23.0 Å². The minimum absolute atomic E-state index is 0.00503. The topological polar surface area (TPSA) is 97.1 Å². The van der Waals surface area contributed by atoms with E-state index in [0.29, 0.717) is 42.3 Å². The van der Waals surface area contributed by atoms with Gasteiger partial charge in [0.2, 0.25) is 0 Å². The summed E-state index contributed by atoms with van der Waals surface area (Å²) < 4.78 is 41.0. The number of alkyl halides is 3. The second-order valence-corrected chi connectivity index (χ2v) is 10.7. The maximum absolute atomic E-state index is 13.7. The van der Waals surface area contributed by atoms with Gasteiger partial charge in [-0.2, -0.15) is 13.2 Å². The SMILES string of the molecule is CC(C)c1nc2c(c(Nc3ccc(C(C)(C)C)c([N+](=O)[O-])c3)n1)CCN(c1ncccc1C(F)(F)F)CC2. The number of pyridine rings is 1. The number of hydrogen-bond acceptors (Lipinski definition) is 7. The van der Waals surface area contributed by atoms with Gasteiger partial charge >= 0.3 is 6.18 Å². The van der Waals surface area contributed by atoms with Crippen molar-refractivity contribution in [2.45, 2.75) is 65.0 Å². The van der Waals surface area contributed by atoms with Crippen molar-refractivity contribution in [3.05, 3.63) is 74.9 Å². The number of nitro groups is 1. The van der Waals surface area contributed by atoms with Crippen LogP contribution < -0.4 is 10.2 Å². The van der Waals surface area contributed by atoms with E-state index in [0.717, 1.165) is 17.3 Å². The van der Waals surface area contributed by atoms with Crippen LogP contribution in [0.4, 0.5) is 36.2 Å². The first kappa shape index (κ1) is 27.3. The van der Waals surface area contributed by atoms with Crippen LogP contribution >= 0.6 is 0 Å². The molecule has 4 rings (SSSR count). The molecule has 38 heavy (non-hydrogen) atoms. The van der Waals surface area contributed by atoms with E-state index in [4.69, 9.17) is 9.97 Å². The van der Waals surface area contributed by atoms with E-state index >= 15 is 0 Å². The Kier molecular flexibility index (Phi) is 7.31. The fourth-order valence-electron chi connectivity index (χ4n) is 4.59. The first-order valence-electron chi connectivity index (χ1n) is 12.5. The third kappa shape index (κ3) is 5.71. The number of nitrogens with zero attached hydrogens (tertiary/aromatic N) is 5. The molecule has 0 amide bonds. The minimum Gasteiger partial charge on any atom is -0.355 e. The Morgan fingerprint density at radius 3 is 2.39 bits per heavy atom. The van der Waals surface area contributed by atoms with E-state index in [-0.39, 0.29) is 24.0 Å². The Hall–Kier alpha value is -3.76. The number of anilines is 3. The number of nitro benzene ring substituents is 1. The molecule has 3 aromatic rings. The third-order valence-electron chi connectivity index (χ3n) is 6.53. The van der Waals surface area contributed by atoms with Gasteiger partial charge < -0.3 is 10.2 Å². The van der Waals surface area contributed by atoms with E-state index in [9.17, 15) is 23.3 Å². The van der Waals surface area contributed by atoms with Crippen LogP contribution in [0.5, 0.6) is 0 Å². The molecule has 0 saturated carbocycles. The molecule has 3 heterocycles. The number of aromatic nitrogens is 3. The quantitative estimate of drug-likeness (QED) is 0.296. The smallest absolute Gasteiger partial charge is 0.355 e. The lowest BCUT2D eigenvalue weighted by atomic mass is 9.85. The molecule has 1 aliphatic heterocycles. The number of nitrogens with one attached hydrogen (secondary N) is 1. The highest BCUT2D eigenvalue weighted by atomic mass is 19.4. The normalized spacial score (nSPS) is 14.3. The lowest BCUT2D eigenvalue weighted by Crippen LogP contribution is -2.29. The Morgan fingerprint density at radius 1 is 1.05 bits per heavy atom. The van der Waals surface area contributed by atoms with E-state index in [1.165, 1.54) is 18.3 Å². The number of fused-ring (bicyclic) bond motifs is 1. The van der Waals surface area contributed by atoms with Crippen molar-refractivity contribution in [3.8, 4) is 0 Å². The number of benzene rings is 1. The Morgan fingerprint density at radius 2 is 1.76 bits per heavy atom. The van der Waals surface area contributed by atoms with Gasteiger partial charge in [0.1, 0.15) is 17.5 Å². The third-order valence-corrected chi connectivity index (χ3v) is 6.53. The lowest BCUT2D eigenvalue weighted by Gasteiger charge is -2.24. The molecule has 0 saturated heterocycles. The summed E-state index contributed by atoms with van der Waals surface area (Å²) in [6, 6.07) is 7.34. The molecular formula is C27H31F3N6O2. The number of halogens is 3. The zero-order valence-electron chi connectivity index (χ0n) is 22.1. The Bertz CT molecular complexity index is 1350. The van der Waals surface area contributed by atoms with E-state index in [1.54, 1.807) is 17.0 Å². The van der Waals surface area contributed by atoms with Gasteiger partial charge in [0.05, 0.1) is 16.2 Å². The molecule has 0 atom stereocenters. The second-order valence-electron chi connectivity index (χ2n) is 10.7. The summed E-state index contributed by atoms with van der Waals surface area (Å²) in [4.78, 5) is 26.6. The van der Waals surface area contributed by atoms with Crippen molar-refractivity contribution in [2.75, 3.05) is 23.3 Å². The van der Waals surface area contributed by atoms with Crippen molar-refractivity contribution in [1.82, 2.24) is 15.0 Å². The Labute approximate surface area is 219 Å². The predicted octanol–water partition coefficient (Wildman–Crippen LogP) is 6.57. The highest BCUT2D eigenvalue weighted by Gasteiger charge is 2.36. The van der Waals surface area contributed by atoms with E-state index < -0.39 is 22.1 Å². The molecule has 0 bridgehead atoms. The molecule has 0 fully saturated rings. The van der Waals surface area contributed by atoms with Crippen molar-refractivity contribution < 1.29 is 18.1 Å². The standard InChI is InChI=1S/C27H31F3N6O2/c1-16(2)23-33-21-11-14-35(25-20(27(28,29)30)7-6-12-31-25)13-10-18(21)24(34-23)32-17-8-9-19(26(3,4)5)22(15-17)36(37)38/h6-9,12,15-16H,10-11,13-14H2,1-5H3,(H,32,33,34). The number of rotatable bonds is 5. The molecule has 0 unspecified atom stereocenters. The maximum atomic E-state index is 13.7. The van der Waals surface area contributed by atoms with Gasteiger partial charge in [-0.3, -0.25) is 10.1 Å². The van der Waals surface area contributed by atoms with Crippen LogP contribution in [0.1, 0.15) is 68.7 Å². The average Bonchev–Trinajstić information content (AvgIpc) is 3.05. The van der Waals surface area contributed by atoms with Gasteiger partial charge in [-0.15, -0.1) is 0 Å². The zero-order valence-corrected chi connectivity index (χ0v) is 22.1. The zero-order chi connectivity index (χ0) is 27.8. The van der Waals surface area contributed by atoms with Gasteiger partial charge in [-0.05, 0) is 36.1 Å². The van der Waals surface area contributed by atoms with Gasteiger partial charge in [0, 0.05) is 54.5 Å². The van der Waals surface area contributed by atoms with Gasteiger partial charge in [0.15, 0.2) is 0 Å². The summed E-state index contributed by atoms with van der Waals surface area (Å²) in [5.41, 5.74) is 1.47. The molecule has 0 spiro atoms. The minimum atomic E-state index is -4.52. The van der Waals surface area contributed by atoms with Crippen molar-refractivity contribution in [1.29, 1.82) is 0 Å². The molecule has 0 aliphatic carbocycles. The molecule has 0 radical (unpaired) electrons. The molecule has 1 aromatic carbocycles. The van der Waals surface area contributed by atoms with Crippen molar-refractivity contribution in [2.24, 2.45) is 0 Å². The van der Waals surface area contributed by atoms with Crippen LogP contribution in [0, 0.1) is 10.1 Å². The molecule has 1 N–H and O–H groups in total. The summed E-state index contributed by atoms with van der Waals surface area (Å²) in [5, 5.41) is 15.1. The highest BCUT2D eigenvalue weighted by molar-refractivity contribution is 5.65. The monoisotopic (exact) mass is 528 g/mol. The first-order valence-corrected chi connectivity index (χ1v) is 12.5. The lowest BCUT2D eigenvalue weighted by molar-refractivity contribution is -0.385. The molecule has 202 valence electrons. The Balaban J connectivity index is 1.72. The van der Waals surface area contributed by atoms with Gasteiger partial charge in [-0.1, -0.05) is 34.6 Å². The second kappa shape index (κ2) is 10.2. The summed E-state index contributed by atoms with van der Waals surface area (Å²) in [5.74, 6) is 1.00. The van der Waals surface area contributed by atoms with E-state index in [1.807, 2.05) is 34.6 Å². The summed E-state index contributed by atoms with van der Waals surface area (Å²) in [6.07, 6.45) is -2.37. The molecule has 8 nitrogen and oxygen atoms in total. The number of hydrogen-bond donors (Lipinski definition) is 1. The summed E-state index contributed by atoms with van der Waals surface area (Å²) in [7, 11) is 0. The van der Waals surface area contributed by atoms with Crippen molar-refractivity contribution in [3.63, 3.8) is 0 Å². The average molecular weight is 529 g/mol. The largest absolute Gasteiger partial charge is 0.419 e. The highest BCUT2D eigenvalue weighted by Crippen LogP contribution is 2.37. The summed E-state index contributed by atoms with van der Waals surface area (Å²) in [6.45, 7) is 10.3. The van der Waals surface area contributed by atoms with Crippen LogP contribution in [-0.2, 0) is 24.4 Å². The van der Waals surface area contributed by atoms with Crippen LogP contribution in [0.3, 0.4) is 0 Å². The fraction of sp³-hybridized carbons (Fsp3) is 0.444. The van der Waals surface area contributed by atoms with E-state index in [2.05, 4.69) is 10.3 Å². The summed E-state index contributed by atoms with van der Waals surface area (Å²) >= 11 is 0. The predicted molar refractivity (Wildman–Crippen MR) is 140 cm³/mol. The van der Waals surface area contributed by atoms with Crippen LogP contribution in [-0.4, -0.2) is 33.0 Å². The fourth-order valence-corrected chi connectivity index (χ4v) is 4.59.